The van der Waals surface area contributed by atoms with E-state index in [-0.39, 0.29) is 24.7 Å². The van der Waals surface area contributed by atoms with Crippen LogP contribution in [0.4, 0.5) is 23.2 Å². The third-order valence-corrected chi connectivity index (χ3v) is 4.10. The van der Waals surface area contributed by atoms with Gasteiger partial charge in [-0.2, -0.15) is 13.2 Å². The van der Waals surface area contributed by atoms with Crippen molar-refractivity contribution in [3.8, 4) is 0 Å². The van der Waals surface area contributed by atoms with Gasteiger partial charge in [0, 0.05) is 24.8 Å². The molecule has 1 heterocycles. The van der Waals surface area contributed by atoms with Crippen molar-refractivity contribution in [1.82, 2.24) is 0 Å². The number of piperidine rings is 1. The molecule has 0 bridgehead atoms. The summed E-state index contributed by atoms with van der Waals surface area (Å²) in [6.45, 7) is 4.02. The highest BCUT2D eigenvalue weighted by Crippen LogP contribution is 2.37. The molecule has 1 aliphatic heterocycles. The molecule has 0 aromatic heterocycles. The predicted molar refractivity (Wildman–Crippen MR) is 74.7 cm³/mol. The van der Waals surface area contributed by atoms with Gasteiger partial charge in [-0.15, -0.1) is 0 Å². The van der Waals surface area contributed by atoms with Crippen LogP contribution in [0.5, 0.6) is 0 Å². The lowest BCUT2D eigenvalue weighted by atomic mass is 9.94. The molecule has 6 heteroatoms. The van der Waals surface area contributed by atoms with Crippen molar-refractivity contribution < 1.29 is 17.6 Å². The lowest BCUT2D eigenvalue weighted by Gasteiger charge is -2.36. The Morgan fingerprint density at radius 2 is 1.81 bits per heavy atom. The first-order valence-corrected chi connectivity index (χ1v) is 7.07. The maximum absolute atomic E-state index is 13.7. The zero-order valence-corrected chi connectivity index (χ0v) is 12.2. The van der Waals surface area contributed by atoms with Crippen molar-refractivity contribution in [3.05, 3.63) is 29.1 Å². The van der Waals surface area contributed by atoms with Crippen molar-refractivity contribution in [2.75, 3.05) is 18.0 Å². The Kier molecular flexibility index (Phi) is 4.46. The molecule has 1 aliphatic rings. The fourth-order valence-electron chi connectivity index (χ4n) is 2.77. The summed E-state index contributed by atoms with van der Waals surface area (Å²) in [7, 11) is 0. The van der Waals surface area contributed by atoms with E-state index >= 15 is 0 Å². The van der Waals surface area contributed by atoms with Crippen molar-refractivity contribution in [2.45, 2.75) is 38.9 Å². The summed E-state index contributed by atoms with van der Waals surface area (Å²) in [6.07, 6.45) is -3.99. The molecule has 0 unspecified atom stereocenters. The van der Waals surface area contributed by atoms with Gasteiger partial charge >= 0.3 is 6.18 Å². The molecule has 0 aliphatic carbocycles. The number of rotatable bonds is 2. The zero-order chi connectivity index (χ0) is 15.8. The summed E-state index contributed by atoms with van der Waals surface area (Å²) in [5.41, 5.74) is 7.74. The molecule has 1 aromatic rings. The average molecular weight is 304 g/mol. The van der Waals surface area contributed by atoms with Crippen LogP contribution < -0.4 is 10.6 Å². The molecule has 2 N–H and O–H groups in total. The van der Waals surface area contributed by atoms with E-state index in [0.29, 0.717) is 24.2 Å². The molecular formula is C15H20F4N2. The maximum Gasteiger partial charge on any atom is 0.391 e. The van der Waals surface area contributed by atoms with Crippen LogP contribution in [0.25, 0.3) is 0 Å². The number of alkyl halides is 3. The molecule has 2 rings (SSSR count). The summed E-state index contributed by atoms with van der Waals surface area (Å²) in [6, 6.07) is 2.71. The highest BCUT2D eigenvalue weighted by atomic mass is 19.4. The van der Waals surface area contributed by atoms with E-state index in [9.17, 15) is 17.6 Å². The fraction of sp³-hybridized carbons (Fsp3) is 0.600. The van der Waals surface area contributed by atoms with Crippen LogP contribution in [-0.2, 0) is 0 Å². The van der Waals surface area contributed by atoms with E-state index in [4.69, 9.17) is 5.73 Å². The molecule has 118 valence electrons. The van der Waals surface area contributed by atoms with Gasteiger partial charge in [-0.25, -0.2) is 4.39 Å². The second kappa shape index (κ2) is 5.83. The van der Waals surface area contributed by atoms with E-state index in [1.807, 2.05) is 4.90 Å². The maximum atomic E-state index is 13.7. The van der Waals surface area contributed by atoms with Gasteiger partial charge in [0.05, 0.1) is 5.92 Å². The summed E-state index contributed by atoms with van der Waals surface area (Å²) >= 11 is 0. The molecule has 2 nitrogen and oxygen atoms in total. The minimum Gasteiger partial charge on any atom is -0.371 e. The molecule has 0 saturated carbocycles. The molecule has 0 radical (unpaired) electrons. The average Bonchev–Trinajstić information content (AvgIpc) is 2.40. The molecular weight excluding hydrogens is 284 g/mol. The first-order chi connectivity index (χ1) is 9.70. The normalized spacial score (nSPS) is 18.9. The number of halogens is 4. The fourth-order valence-corrected chi connectivity index (χ4v) is 2.77. The standard InChI is InChI=1S/C15H20F4N2/c1-9-7-14(12(10(2)20)8-13(9)16)21-5-3-11(4-6-21)15(17,18)19/h7-8,10-11H,3-6,20H2,1-2H3/t10-/m1/s1. The van der Waals surface area contributed by atoms with E-state index in [2.05, 4.69) is 0 Å². The Hall–Kier alpha value is -1.30. The van der Waals surface area contributed by atoms with Gasteiger partial charge in [0.2, 0.25) is 0 Å². The zero-order valence-electron chi connectivity index (χ0n) is 12.2. The van der Waals surface area contributed by atoms with Crippen molar-refractivity contribution in [2.24, 2.45) is 11.7 Å². The number of aryl methyl sites for hydroxylation is 1. The molecule has 21 heavy (non-hydrogen) atoms. The molecule has 0 amide bonds. The van der Waals surface area contributed by atoms with Gasteiger partial charge in [0.1, 0.15) is 5.82 Å². The lowest BCUT2D eigenvalue weighted by molar-refractivity contribution is -0.179. The number of hydrogen-bond donors (Lipinski definition) is 1. The van der Waals surface area contributed by atoms with Crippen LogP contribution in [-0.4, -0.2) is 19.3 Å². The third-order valence-electron chi connectivity index (χ3n) is 4.10. The van der Waals surface area contributed by atoms with Crippen molar-refractivity contribution >= 4 is 5.69 Å². The van der Waals surface area contributed by atoms with Crippen LogP contribution in [0.2, 0.25) is 0 Å². The van der Waals surface area contributed by atoms with Crippen LogP contribution in [0.15, 0.2) is 12.1 Å². The van der Waals surface area contributed by atoms with Gasteiger partial charge in [0.25, 0.3) is 0 Å². The Morgan fingerprint density at radius 1 is 1.24 bits per heavy atom. The Bertz CT molecular complexity index is 503. The van der Waals surface area contributed by atoms with Gasteiger partial charge in [0.15, 0.2) is 0 Å². The SMILES string of the molecule is Cc1cc(N2CCC(C(F)(F)F)CC2)c([C@@H](C)N)cc1F. The second-order valence-electron chi connectivity index (χ2n) is 5.75. The summed E-state index contributed by atoms with van der Waals surface area (Å²) < 4.78 is 51.8. The Morgan fingerprint density at radius 3 is 2.29 bits per heavy atom. The number of anilines is 1. The van der Waals surface area contributed by atoms with Crippen LogP contribution in [0.1, 0.15) is 36.9 Å². The highest BCUT2D eigenvalue weighted by Gasteiger charge is 2.41. The molecule has 0 spiro atoms. The van der Waals surface area contributed by atoms with Crippen LogP contribution >= 0.6 is 0 Å². The topological polar surface area (TPSA) is 29.3 Å². The third kappa shape index (κ3) is 3.48. The lowest BCUT2D eigenvalue weighted by Crippen LogP contribution is -2.39. The Labute approximate surface area is 121 Å². The Balaban J connectivity index is 2.22. The number of benzene rings is 1. The first kappa shape index (κ1) is 16.1. The minimum absolute atomic E-state index is 0.0678. The van der Waals surface area contributed by atoms with Crippen LogP contribution in [0, 0.1) is 18.7 Å². The van der Waals surface area contributed by atoms with E-state index in [1.165, 1.54) is 6.07 Å². The molecule has 1 saturated heterocycles. The monoisotopic (exact) mass is 304 g/mol. The second-order valence-corrected chi connectivity index (χ2v) is 5.75. The highest BCUT2D eigenvalue weighted by molar-refractivity contribution is 5.57. The first-order valence-electron chi connectivity index (χ1n) is 7.07. The molecule has 1 fully saturated rings. The van der Waals surface area contributed by atoms with Crippen molar-refractivity contribution in [3.63, 3.8) is 0 Å². The van der Waals surface area contributed by atoms with Gasteiger partial charge in [-0.3, -0.25) is 0 Å². The number of nitrogens with two attached hydrogens (primary N) is 1. The van der Waals surface area contributed by atoms with E-state index < -0.39 is 12.1 Å². The molecule has 1 aromatic carbocycles. The largest absolute Gasteiger partial charge is 0.391 e. The van der Waals surface area contributed by atoms with E-state index in [0.717, 1.165) is 5.69 Å². The van der Waals surface area contributed by atoms with E-state index in [1.54, 1.807) is 19.9 Å². The number of nitrogens with zero attached hydrogens (tertiary/aromatic N) is 1. The molecule has 1 atom stereocenters. The quantitative estimate of drug-likeness (QED) is 0.839. The smallest absolute Gasteiger partial charge is 0.371 e. The number of hydrogen-bond acceptors (Lipinski definition) is 2. The summed E-state index contributed by atoms with van der Waals surface area (Å²) in [5, 5.41) is 0. The summed E-state index contributed by atoms with van der Waals surface area (Å²) in [4.78, 5) is 1.88. The minimum atomic E-state index is -4.13. The van der Waals surface area contributed by atoms with Gasteiger partial charge in [-0.1, -0.05) is 0 Å². The van der Waals surface area contributed by atoms with Crippen molar-refractivity contribution in [1.29, 1.82) is 0 Å². The van der Waals surface area contributed by atoms with Crippen LogP contribution in [0.3, 0.4) is 0 Å². The van der Waals surface area contributed by atoms with Gasteiger partial charge in [-0.05, 0) is 49.9 Å². The van der Waals surface area contributed by atoms with Gasteiger partial charge < -0.3 is 10.6 Å². The predicted octanol–water partition coefficient (Wildman–Crippen LogP) is 3.93. The summed E-state index contributed by atoms with van der Waals surface area (Å²) in [5.74, 6) is -1.58.